The number of ether oxygens (including phenoxy) is 1. The van der Waals surface area contributed by atoms with E-state index in [1.807, 2.05) is 61.9 Å². The molecule has 2 atom stereocenters. The fourth-order valence-electron chi connectivity index (χ4n) is 2.23. The van der Waals surface area contributed by atoms with Gasteiger partial charge in [-0.05, 0) is 60.9 Å². The number of hydrogen-bond acceptors (Lipinski definition) is 4. The second-order valence-corrected chi connectivity index (χ2v) is 6.67. The van der Waals surface area contributed by atoms with Crippen LogP contribution in [0.3, 0.4) is 0 Å². The van der Waals surface area contributed by atoms with Gasteiger partial charge in [-0.3, -0.25) is 0 Å². The summed E-state index contributed by atoms with van der Waals surface area (Å²) >= 11 is 1.52. The van der Waals surface area contributed by atoms with Gasteiger partial charge in [0.25, 0.3) is 0 Å². The fraction of sp³-hybridized carbons (Fsp3) is 0.389. The first-order chi connectivity index (χ1) is 11.5. The lowest BCUT2D eigenvalue weighted by atomic mass is 10.1. The summed E-state index contributed by atoms with van der Waals surface area (Å²) < 4.78 is 5.67. The summed E-state index contributed by atoms with van der Waals surface area (Å²) in [5.74, 6) is 0.782. The molecule has 2 unspecified atom stereocenters. The van der Waals surface area contributed by atoms with Gasteiger partial charge in [0, 0.05) is 6.54 Å². The van der Waals surface area contributed by atoms with E-state index in [9.17, 15) is 9.90 Å². The summed E-state index contributed by atoms with van der Waals surface area (Å²) in [7, 11) is 0. The van der Waals surface area contributed by atoms with Crippen LogP contribution < -0.4 is 15.4 Å². The van der Waals surface area contributed by atoms with Crippen LogP contribution in [-0.2, 0) is 0 Å². The predicted octanol–water partition coefficient (Wildman–Crippen LogP) is 3.63. The normalized spacial score (nSPS) is 13.4. The maximum absolute atomic E-state index is 12.0. The molecule has 3 N–H and O–H groups in total. The van der Waals surface area contributed by atoms with Crippen LogP contribution in [0.4, 0.5) is 4.79 Å². The summed E-state index contributed by atoms with van der Waals surface area (Å²) in [4.78, 5) is 12.0. The Balaban J connectivity index is 1.85. The van der Waals surface area contributed by atoms with Gasteiger partial charge in [-0.1, -0.05) is 12.1 Å². The molecule has 0 fully saturated rings. The summed E-state index contributed by atoms with van der Waals surface area (Å²) in [5.41, 5.74) is 1.77. The van der Waals surface area contributed by atoms with E-state index in [-0.39, 0.29) is 24.7 Å². The summed E-state index contributed by atoms with van der Waals surface area (Å²) in [6.07, 6.45) is -0.592. The number of aliphatic hydroxyl groups excluding tert-OH is 1. The topological polar surface area (TPSA) is 70.6 Å². The lowest BCUT2D eigenvalue weighted by molar-refractivity contribution is 0.173. The summed E-state index contributed by atoms with van der Waals surface area (Å²) in [5, 5.41) is 19.3. The van der Waals surface area contributed by atoms with Crippen LogP contribution in [0.2, 0.25) is 0 Å². The van der Waals surface area contributed by atoms with Crippen LogP contribution in [0.25, 0.3) is 0 Å². The van der Waals surface area contributed by atoms with Gasteiger partial charge in [0.1, 0.15) is 5.75 Å². The first kappa shape index (κ1) is 18.3. The first-order valence-corrected chi connectivity index (χ1v) is 8.91. The molecule has 5 nitrogen and oxygen atoms in total. The van der Waals surface area contributed by atoms with Crippen molar-refractivity contribution in [2.75, 3.05) is 6.54 Å². The van der Waals surface area contributed by atoms with Crippen molar-refractivity contribution in [3.05, 3.63) is 52.2 Å². The molecule has 6 heteroatoms. The zero-order valence-electron chi connectivity index (χ0n) is 14.2. The highest BCUT2D eigenvalue weighted by Crippen LogP contribution is 2.20. The number of hydrogen-bond donors (Lipinski definition) is 3. The molecule has 0 bridgehead atoms. The number of carbonyl (C=O) groups excluding carboxylic acids is 1. The van der Waals surface area contributed by atoms with E-state index < -0.39 is 6.10 Å². The third-order valence-corrected chi connectivity index (χ3v) is 4.16. The van der Waals surface area contributed by atoms with Gasteiger partial charge in [-0.25, -0.2) is 4.79 Å². The number of thiophene rings is 1. The number of nitrogens with one attached hydrogen (secondary N) is 2. The molecular weight excluding hydrogens is 324 g/mol. The lowest BCUT2D eigenvalue weighted by Gasteiger charge is -2.18. The second kappa shape index (κ2) is 8.70. The van der Waals surface area contributed by atoms with E-state index in [1.54, 1.807) is 0 Å². The molecule has 0 aliphatic heterocycles. The van der Waals surface area contributed by atoms with Crippen LogP contribution >= 0.6 is 11.3 Å². The highest BCUT2D eigenvalue weighted by atomic mass is 32.1. The number of rotatable bonds is 7. The van der Waals surface area contributed by atoms with Gasteiger partial charge in [0.2, 0.25) is 0 Å². The van der Waals surface area contributed by atoms with E-state index in [2.05, 4.69) is 10.6 Å². The molecule has 0 saturated heterocycles. The highest BCUT2D eigenvalue weighted by Gasteiger charge is 2.13. The maximum atomic E-state index is 12.0. The van der Waals surface area contributed by atoms with Gasteiger partial charge in [0.15, 0.2) is 0 Å². The molecule has 0 aliphatic carbocycles. The van der Waals surface area contributed by atoms with Crippen LogP contribution in [0.1, 0.15) is 44.0 Å². The molecule has 2 amide bonds. The molecule has 0 radical (unpaired) electrons. The van der Waals surface area contributed by atoms with Gasteiger partial charge >= 0.3 is 6.03 Å². The van der Waals surface area contributed by atoms with Crippen molar-refractivity contribution in [2.24, 2.45) is 0 Å². The average molecular weight is 348 g/mol. The van der Waals surface area contributed by atoms with E-state index in [0.717, 1.165) is 16.9 Å². The standard InChI is InChI=1S/C18H24N2O3S/c1-12(2)23-16-6-4-5-14(9-16)13(3)20-18(22)19-10-17(21)15-7-8-24-11-15/h4-9,11-13,17,21H,10H2,1-3H3,(H2,19,20,22). The molecule has 24 heavy (non-hydrogen) atoms. The van der Waals surface area contributed by atoms with Gasteiger partial charge in [-0.15, -0.1) is 0 Å². The number of amides is 2. The number of aliphatic hydroxyl groups is 1. The third-order valence-electron chi connectivity index (χ3n) is 3.46. The monoisotopic (exact) mass is 348 g/mol. The van der Waals surface area contributed by atoms with E-state index in [4.69, 9.17) is 4.74 Å². The number of urea groups is 1. The zero-order chi connectivity index (χ0) is 17.5. The van der Waals surface area contributed by atoms with Crippen molar-refractivity contribution >= 4 is 17.4 Å². The predicted molar refractivity (Wildman–Crippen MR) is 96.4 cm³/mol. The minimum absolute atomic E-state index is 0.102. The van der Waals surface area contributed by atoms with Gasteiger partial charge in [-0.2, -0.15) is 11.3 Å². The molecular formula is C18H24N2O3S. The Morgan fingerprint density at radius 1 is 1.25 bits per heavy atom. The minimum atomic E-state index is -0.694. The Labute approximate surface area is 146 Å². The molecule has 1 heterocycles. The summed E-state index contributed by atoms with van der Waals surface area (Å²) in [6, 6.07) is 9.03. The van der Waals surface area contributed by atoms with E-state index in [0.29, 0.717) is 0 Å². The smallest absolute Gasteiger partial charge is 0.315 e. The molecule has 1 aromatic heterocycles. The van der Waals surface area contributed by atoms with Crippen molar-refractivity contribution < 1.29 is 14.6 Å². The van der Waals surface area contributed by atoms with Crippen molar-refractivity contribution in [1.29, 1.82) is 0 Å². The van der Waals surface area contributed by atoms with E-state index >= 15 is 0 Å². The SMILES string of the molecule is CC(C)Oc1cccc(C(C)NC(=O)NCC(O)c2ccsc2)c1. The Morgan fingerprint density at radius 2 is 2.04 bits per heavy atom. The third kappa shape index (κ3) is 5.54. The summed E-state index contributed by atoms with van der Waals surface area (Å²) in [6.45, 7) is 6.02. The molecule has 0 aliphatic rings. The van der Waals surface area contributed by atoms with E-state index in [1.165, 1.54) is 11.3 Å². The minimum Gasteiger partial charge on any atom is -0.491 e. The molecule has 2 rings (SSSR count). The Kier molecular flexibility index (Phi) is 6.63. The maximum Gasteiger partial charge on any atom is 0.315 e. The lowest BCUT2D eigenvalue weighted by Crippen LogP contribution is -2.39. The Hall–Kier alpha value is -2.05. The quantitative estimate of drug-likeness (QED) is 0.715. The van der Waals surface area contributed by atoms with Gasteiger partial charge < -0.3 is 20.5 Å². The number of benzene rings is 1. The molecule has 1 aromatic carbocycles. The second-order valence-electron chi connectivity index (χ2n) is 5.89. The first-order valence-electron chi connectivity index (χ1n) is 7.97. The fourth-order valence-corrected chi connectivity index (χ4v) is 2.94. The van der Waals surface area contributed by atoms with Crippen molar-refractivity contribution in [3.63, 3.8) is 0 Å². The van der Waals surface area contributed by atoms with Crippen molar-refractivity contribution in [1.82, 2.24) is 10.6 Å². The van der Waals surface area contributed by atoms with Crippen molar-refractivity contribution in [2.45, 2.75) is 39.0 Å². The zero-order valence-corrected chi connectivity index (χ0v) is 15.0. The number of carbonyl (C=O) groups is 1. The van der Waals surface area contributed by atoms with Crippen LogP contribution in [-0.4, -0.2) is 23.8 Å². The van der Waals surface area contributed by atoms with Crippen molar-refractivity contribution in [3.8, 4) is 5.75 Å². The van der Waals surface area contributed by atoms with Crippen LogP contribution in [0.5, 0.6) is 5.75 Å². The van der Waals surface area contributed by atoms with Crippen LogP contribution in [0.15, 0.2) is 41.1 Å². The molecule has 0 saturated carbocycles. The molecule has 2 aromatic rings. The average Bonchev–Trinajstić information content (AvgIpc) is 3.06. The molecule has 130 valence electrons. The Morgan fingerprint density at radius 3 is 2.71 bits per heavy atom. The van der Waals surface area contributed by atoms with Crippen LogP contribution in [0, 0.1) is 0 Å². The van der Waals surface area contributed by atoms with Gasteiger partial charge in [0.05, 0.1) is 18.2 Å². The Bertz CT molecular complexity index is 643. The molecule has 0 spiro atoms. The highest BCUT2D eigenvalue weighted by molar-refractivity contribution is 7.07. The largest absolute Gasteiger partial charge is 0.491 e.